The highest BCUT2D eigenvalue weighted by molar-refractivity contribution is 5.69. The molecule has 0 aromatic heterocycles. The molecule has 292 valence electrons. The average molecular weight is 698 g/mol. The van der Waals surface area contributed by atoms with Crippen molar-refractivity contribution in [3.05, 3.63) is 0 Å². The number of carbonyl (C=O) groups excluding carboxylic acids is 1. The zero-order valence-corrected chi connectivity index (χ0v) is 33.1. The molecule has 2 atom stereocenters. The summed E-state index contributed by atoms with van der Waals surface area (Å²) in [5, 5.41) is 6.89. The van der Waals surface area contributed by atoms with Crippen molar-refractivity contribution in [2.75, 3.05) is 33.9 Å². The predicted molar refractivity (Wildman–Crippen MR) is 206 cm³/mol. The van der Waals surface area contributed by atoms with Crippen molar-refractivity contribution in [1.82, 2.24) is 4.90 Å². The van der Waals surface area contributed by atoms with Crippen LogP contribution in [0.4, 0.5) is 0 Å². The first-order valence-electron chi connectivity index (χ1n) is 21.1. The summed E-state index contributed by atoms with van der Waals surface area (Å²) >= 11 is 0. The van der Waals surface area contributed by atoms with Crippen LogP contribution in [-0.2, 0) is 23.8 Å². The number of carboxylic acid groups (broad SMARTS) is 1. The van der Waals surface area contributed by atoms with Gasteiger partial charge in [0.15, 0.2) is 5.79 Å². The molecule has 0 radical (unpaired) electrons. The summed E-state index contributed by atoms with van der Waals surface area (Å²) in [5.41, 5.74) is 0. The Labute approximate surface area is 304 Å². The third-order valence-electron chi connectivity index (χ3n) is 9.91. The Kier molecular flexibility index (Phi) is 35.7. The highest BCUT2D eigenvalue weighted by atomic mass is 16.7. The van der Waals surface area contributed by atoms with E-state index in [2.05, 4.69) is 32.8 Å². The molecule has 1 N–H and O–H groups in total. The minimum Gasteiger partial charge on any atom is -0.483 e. The second kappa shape index (κ2) is 36.6. The molecule has 7 heteroatoms. The fraction of sp³-hybridized carbons (Fsp3) is 0.952. The van der Waals surface area contributed by atoms with E-state index in [4.69, 9.17) is 24.1 Å². The Morgan fingerprint density at radius 3 is 1.53 bits per heavy atom. The van der Waals surface area contributed by atoms with Crippen LogP contribution in [0.25, 0.3) is 0 Å². The zero-order chi connectivity index (χ0) is 36.1. The van der Waals surface area contributed by atoms with Gasteiger partial charge in [0.25, 0.3) is 6.47 Å². The smallest absolute Gasteiger partial charge is 0.305 e. The molecular formula is C42H83NO6. The quantitative estimate of drug-likeness (QED) is 0.0401. The van der Waals surface area contributed by atoms with Crippen molar-refractivity contribution in [2.45, 2.75) is 225 Å². The highest BCUT2D eigenvalue weighted by Gasteiger charge is 2.40. The molecule has 0 bridgehead atoms. The van der Waals surface area contributed by atoms with E-state index in [1.165, 1.54) is 141 Å². The van der Waals surface area contributed by atoms with Crippen LogP contribution in [0.5, 0.6) is 0 Å². The average Bonchev–Trinajstić information content (AvgIpc) is 3.48. The Hall–Kier alpha value is -1.18. The van der Waals surface area contributed by atoms with Gasteiger partial charge in [-0.3, -0.25) is 9.59 Å². The molecule has 1 aliphatic heterocycles. The first-order valence-corrected chi connectivity index (χ1v) is 21.1. The van der Waals surface area contributed by atoms with Gasteiger partial charge in [0.05, 0.1) is 19.3 Å². The van der Waals surface area contributed by atoms with Crippen LogP contribution in [0, 0.1) is 0 Å². The van der Waals surface area contributed by atoms with Crippen molar-refractivity contribution in [1.29, 1.82) is 0 Å². The molecule has 0 saturated carbocycles. The van der Waals surface area contributed by atoms with Crippen LogP contribution in [0.3, 0.4) is 0 Å². The third-order valence-corrected chi connectivity index (χ3v) is 9.91. The van der Waals surface area contributed by atoms with E-state index in [9.17, 15) is 4.79 Å². The van der Waals surface area contributed by atoms with Crippen LogP contribution in [0.1, 0.15) is 213 Å². The first-order chi connectivity index (χ1) is 23.9. The van der Waals surface area contributed by atoms with Gasteiger partial charge in [-0.2, -0.15) is 0 Å². The lowest BCUT2D eigenvalue weighted by Gasteiger charge is -2.28. The Balaban J connectivity index is 0.00000738. The maximum atomic E-state index is 12.0. The normalized spacial score (nSPS) is 17.3. The Bertz CT molecular complexity index is 705. The van der Waals surface area contributed by atoms with E-state index >= 15 is 0 Å². The van der Waals surface area contributed by atoms with Crippen molar-refractivity contribution in [3.63, 3.8) is 0 Å². The van der Waals surface area contributed by atoms with E-state index in [1.54, 1.807) is 0 Å². The van der Waals surface area contributed by atoms with Crippen LogP contribution < -0.4 is 0 Å². The summed E-state index contributed by atoms with van der Waals surface area (Å²) < 4.78 is 18.6. The third kappa shape index (κ3) is 32.5. The van der Waals surface area contributed by atoms with E-state index in [1.807, 2.05) is 0 Å². The molecule has 0 spiro atoms. The van der Waals surface area contributed by atoms with E-state index < -0.39 is 0 Å². The zero-order valence-electron chi connectivity index (χ0n) is 33.1. The largest absolute Gasteiger partial charge is 0.483 e. The van der Waals surface area contributed by atoms with Crippen LogP contribution in [-0.4, -0.2) is 68.2 Å². The molecule has 1 saturated heterocycles. The number of ether oxygens (including phenoxy) is 3. The molecule has 1 heterocycles. The van der Waals surface area contributed by atoms with Gasteiger partial charge >= 0.3 is 5.97 Å². The summed E-state index contributed by atoms with van der Waals surface area (Å²) in [5.74, 6) is -0.361. The van der Waals surface area contributed by atoms with Crippen molar-refractivity contribution in [2.24, 2.45) is 0 Å². The lowest BCUT2D eigenvalue weighted by Crippen LogP contribution is -2.31. The number of esters is 1. The SMILES string of the molecule is CCCCCCCCCCCCCCCCC1(CCCCCCCOC(=O)CCCCCCCCC)OCC(CCCN(C)C)O1.O=CO. The highest BCUT2D eigenvalue weighted by Crippen LogP contribution is 2.36. The maximum Gasteiger partial charge on any atom is 0.305 e. The number of hydrogen-bond donors (Lipinski definition) is 1. The number of nitrogens with zero attached hydrogens (tertiary/aromatic N) is 1. The standard InChI is InChI=1S/C41H81NO4.CH2O2/c1-5-7-9-11-13-14-15-16-17-18-19-21-24-28-34-41(45-38-39(46-41)32-31-36-42(3)4)35-29-25-22-26-30-37-44-40(43)33-27-23-20-12-10-8-6-2;2-1-3/h39H,5-38H2,1-4H3;1H,(H,2,3). The van der Waals surface area contributed by atoms with Gasteiger partial charge < -0.3 is 24.2 Å². The summed E-state index contributed by atoms with van der Waals surface area (Å²) in [4.78, 5) is 22.6. The topological polar surface area (TPSA) is 85.3 Å². The molecule has 2 unspecified atom stereocenters. The number of hydrogen-bond acceptors (Lipinski definition) is 6. The molecule has 1 rings (SSSR count). The molecule has 0 amide bonds. The molecule has 0 aromatic carbocycles. The fourth-order valence-electron chi connectivity index (χ4n) is 6.88. The summed E-state index contributed by atoms with van der Waals surface area (Å²) in [6.07, 6.45) is 38.9. The summed E-state index contributed by atoms with van der Waals surface area (Å²) in [6, 6.07) is 0. The van der Waals surface area contributed by atoms with E-state index in [0.717, 1.165) is 64.5 Å². The maximum absolute atomic E-state index is 12.0. The lowest BCUT2D eigenvalue weighted by molar-refractivity contribution is -0.180. The summed E-state index contributed by atoms with van der Waals surface area (Å²) in [6.45, 7) is 6.75. The van der Waals surface area contributed by atoms with Crippen molar-refractivity contribution < 1.29 is 28.9 Å². The van der Waals surface area contributed by atoms with Crippen molar-refractivity contribution >= 4 is 12.4 Å². The van der Waals surface area contributed by atoms with Crippen LogP contribution >= 0.6 is 0 Å². The minimum absolute atomic E-state index is 0.00494. The number of unbranched alkanes of at least 4 members (excludes halogenated alkanes) is 23. The molecule has 7 nitrogen and oxygen atoms in total. The fourth-order valence-corrected chi connectivity index (χ4v) is 6.88. The van der Waals surface area contributed by atoms with Gasteiger partial charge in [-0.25, -0.2) is 0 Å². The van der Waals surface area contributed by atoms with Crippen LogP contribution in [0.2, 0.25) is 0 Å². The molecule has 0 aromatic rings. The van der Waals surface area contributed by atoms with Gasteiger partial charge in [-0.05, 0) is 59.2 Å². The predicted octanol–water partition coefficient (Wildman–Crippen LogP) is 12.0. The first kappa shape index (κ1) is 47.8. The molecule has 1 aliphatic rings. The second-order valence-electron chi connectivity index (χ2n) is 15.0. The lowest BCUT2D eigenvalue weighted by atomic mass is 9.98. The van der Waals surface area contributed by atoms with Gasteiger partial charge in [0.2, 0.25) is 0 Å². The van der Waals surface area contributed by atoms with E-state index in [0.29, 0.717) is 13.0 Å². The van der Waals surface area contributed by atoms with Crippen molar-refractivity contribution in [3.8, 4) is 0 Å². The molecule has 1 fully saturated rings. The monoisotopic (exact) mass is 698 g/mol. The number of carbonyl (C=O) groups is 2. The molecule has 49 heavy (non-hydrogen) atoms. The van der Waals surface area contributed by atoms with Gasteiger partial charge in [-0.15, -0.1) is 0 Å². The van der Waals surface area contributed by atoms with Gasteiger partial charge in [-0.1, -0.05) is 155 Å². The second-order valence-corrected chi connectivity index (χ2v) is 15.0. The Morgan fingerprint density at radius 1 is 0.673 bits per heavy atom. The minimum atomic E-state index is -0.356. The Morgan fingerprint density at radius 2 is 1.08 bits per heavy atom. The molecular weight excluding hydrogens is 614 g/mol. The number of rotatable bonds is 35. The van der Waals surface area contributed by atoms with Gasteiger partial charge in [0.1, 0.15) is 0 Å². The summed E-state index contributed by atoms with van der Waals surface area (Å²) in [7, 11) is 4.29. The van der Waals surface area contributed by atoms with Gasteiger partial charge in [0, 0.05) is 19.3 Å². The van der Waals surface area contributed by atoms with E-state index in [-0.39, 0.29) is 24.3 Å². The van der Waals surface area contributed by atoms with Crippen LogP contribution in [0.15, 0.2) is 0 Å². The molecule has 0 aliphatic carbocycles.